The number of rotatable bonds is 9. The van der Waals surface area contributed by atoms with Gasteiger partial charge in [0.2, 0.25) is 0 Å². The molecule has 2 aromatic rings. The number of aliphatic imine (C=N–C) groups is 1. The molecule has 0 aliphatic rings. The van der Waals surface area contributed by atoms with Crippen LogP contribution in [0.25, 0.3) is 0 Å². The summed E-state index contributed by atoms with van der Waals surface area (Å²) in [6.07, 6.45) is 1.94. The first-order chi connectivity index (χ1) is 13.2. The molecule has 146 valence electrons. The number of nitrogens with one attached hydrogen (secondary N) is 2. The van der Waals surface area contributed by atoms with Crippen LogP contribution in [0.2, 0.25) is 0 Å². The average Bonchev–Trinajstić information content (AvgIpc) is 2.71. The van der Waals surface area contributed by atoms with Crippen LogP contribution in [0.5, 0.6) is 17.2 Å². The Bertz CT molecular complexity index is 730. The highest BCUT2D eigenvalue weighted by Gasteiger charge is 2.06. The fourth-order valence-electron chi connectivity index (χ4n) is 2.62. The van der Waals surface area contributed by atoms with Gasteiger partial charge in [0.05, 0.1) is 21.3 Å². The lowest BCUT2D eigenvalue weighted by molar-refractivity contribution is 0.355. The first kappa shape index (κ1) is 20.4. The molecule has 0 unspecified atom stereocenters. The van der Waals surface area contributed by atoms with E-state index < -0.39 is 0 Å². The van der Waals surface area contributed by atoms with Crippen LogP contribution in [0.1, 0.15) is 18.9 Å². The first-order valence-electron chi connectivity index (χ1n) is 9.10. The molecule has 0 fully saturated rings. The third kappa shape index (κ3) is 6.40. The zero-order valence-electron chi connectivity index (χ0n) is 16.5. The monoisotopic (exact) mass is 371 g/mol. The number of hydrogen-bond donors (Lipinski definition) is 2. The summed E-state index contributed by atoms with van der Waals surface area (Å²) in [7, 11) is 4.93. The molecule has 0 atom stereocenters. The van der Waals surface area contributed by atoms with Gasteiger partial charge in [0.1, 0.15) is 5.75 Å². The lowest BCUT2D eigenvalue weighted by Gasteiger charge is -2.13. The molecule has 0 amide bonds. The third-order valence-corrected chi connectivity index (χ3v) is 4.04. The van der Waals surface area contributed by atoms with Crippen LogP contribution in [-0.4, -0.2) is 40.4 Å². The van der Waals surface area contributed by atoms with Gasteiger partial charge >= 0.3 is 0 Å². The number of benzene rings is 2. The van der Waals surface area contributed by atoms with Crippen molar-refractivity contribution in [2.45, 2.75) is 19.8 Å². The standard InChI is InChI=1S/C21H29N3O3/c1-5-22-21(24-17-10-13-19(26-3)20(15-17)27-4)23-14-6-7-16-8-11-18(25-2)12-9-16/h8-13,15H,5-7,14H2,1-4H3,(H2,22,23,24). The van der Waals surface area contributed by atoms with Gasteiger partial charge in [0.15, 0.2) is 17.5 Å². The number of ether oxygens (including phenoxy) is 3. The van der Waals surface area contributed by atoms with Gasteiger partial charge in [-0.2, -0.15) is 0 Å². The summed E-state index contributed by atoms with van der Waals surface area (Å²) in [5.41, 5.74) is 2.17. The molecule has 0 bridgehead atoms. The molecule has 0 saturated heterocycles. The van der Waals surface area contributed by atoms with Crippen LogP contribution >= 0.6 is 0 Å². The number of anilines is 1. The fourth-order valence-corrected chi connectivity index (χ4v) is 2.62. The Kier molecular flexibility index (Phi) is 8.29. The minimum Gasteiger partial charge on any atom is -0.497 e. The van der Waals surface area contributed by atoms with Crippen molar-refractivity contribution in [1.82, 2.24) is 5.32 Å². The molecule has 6 nitrogen and oxygen atoms in total. The van der Waals surface area contributed by atoms with Crippen LogP contribution in [-0.2, 0) is 6.42 Å². The summed E-state index contributed by atoms with van der Waals surface area (Å²) in [6, 6.07) is 13.9. The minimum absolute atomic E-state index is 0.679. The van der Waals surface area contributed by atoms with Crippen molar-refractivity contribution in [3.63, 3.8) is 0 Å². The average molecular weight is 371 g/mol. The first-order valence-corrected chi connectivity index (χ1v) is 9.10. The van der Waals surface area contributed by atoms with Crippen molar-refractivity contribution >= 4 is 11.6 Å². The quantitative estimate of drug-likeness (QED) is 0.400. The van der Waals surface area contributed by atoms with E-state index in [0.29, 0.717) is 11.5 Å². The van der Waals surface area contributed by atoms with Crippen molar-refractivity contribution in [2.75, 3.05) is 39.7 Å². The summed E-state index contributed by atoms with van der Waals surface area (Å²) in [5, 5.41) is 6.57. The molecule has 0 heterocycles. The fraction of sp³-hybridized carbons (Fsp3) is 0.381. The van der Waals surface area contributed by atoms with E-state index >= 15 is 0 Å². The molecule has 2 rings (SSSR count). The number of aryl methyl sites for hydroxylation is 1. The second kappa shape index (κ2) is 11.0. The van der Waals surface area contributed by atoms with E-state index in [1.54, 1.807) is 21.3 Å². The predicted octanol–water partition coefficient (Wildman–Crippen LogP) is 3.72. The Hall–Kier alpha value is -2.89. The van der Waals surface area contributed by atoms with Crippen molar-refractivity contribution in [1.29, 1.82) is 0 Å². The molecule has 0 spiro atoms. The maximum absolute atomic E-state index is 5.35. The van der Waals surface area contributed by atoms with Gasteiger partial charge in [-0.05, 0) is 49.6 Å². The van der Waals surface area contributed by atoms with Crippen LogP contribution < -0.4 is 24.8 Å². The topological polar surface area (TPSA) is 64.1 Å². The summed E-state index contributed by atoms with van der Waals surface area (Å²) in [5.74, 6) is 3.01. The van der Waals surface area contributed by atoms with Crippen LogP contribution in [0.15, 0.2) is 47.5 Å². The highest BCUT2D eigenvalue weighted by Crippen LogP contribution is 2.29. The SMILES string of the molecule is CCNC(=NCCCc1ccc(OC)cc1)Nc1ccc(OC)c(OC)c1. The molecule has 6 heteroatoms. The van der Waals surface area contributed by atoms with E-state index in [1.165, 1.54) is 5.56 Å². The molecule has 2 N–H and O–H groups in total. The van der Waals surface area contributed by atoms with Crippen molar-refractivity contribution < 1.29 is 14.2 Å². The van der Waals surface area contributed by atoms with E-state index in [9.17, 15) is 0 Å². The van der Waals surface area contributed by atoms with Gasteiger partial charge in [-0.15, -0.1) is 0 Å². The Morgan fingerprint density at radius 3 is 2.30 bits per heavy atom. The van der Waals surface area contributed by atoms with Gasteiger partial charge < -0.3 is 24.8 Å². The Morgan fingerprint density at radius 2 is 1.67 bits per heavy atom. The van der Waals surface area contributed by atoms with E-state index in [1.807, 2.05) is 37.3 Å². The van der Waals surface area contributed by atoms with Crippen LogP contribution in [0.3, 0.4) is 0 Å². The summed E-state index contributed by atoms with van der Waals surface area (Å²) in [6.45, 7) is 3.56. The van der Waals surface area contributed by atoms with Gasteiger partial charge in [-0.3, -0.25) is 4.99 Å². The summed E-state index contributed by atoms with van der Waals surface area (Å²) in [4.78, 5) is 4.65. The van der Waals surface area contributed by atoms with E-state index in [-0.39, 0.29) is 0 Å². The lowest BCUT2D eigenvalue weighted by atomic mass is 10.1. The van der Waals surface area contributed by atoms with Gasteiger partial charge in [0.25, 0.3) is 0 Å². The van der Waals surface area contributed by atoms with Crippen LogP contribution in [0, 0.1) is 0 Å². The molecule has 0 aliphatic carbocycles. The van der Waals surface area contributed by atoms with Crippen molar-refractivity contribution in [2.24, 2.45) is 4.99 Å². The number of methoxy groups -OCH3 is 3. The molecule has 0 aliphatic heterocycles. The third-order valence-electron chi connectivity index (χ3n) is 4.04. The highest BCUT2D eigenvalue weighted by molar-refractivity contribution is 5.93. The minimum atomic E-state index is 0.679. The molecule has 0 aromatic heterocycles. The lowest BCUT2D eigenvalue weighted by Crippen LogP contribution is -2.30. The van der Waals surface area contributed by atoms with Crippen LogP contribution in [0.4, 0.5) is 5.69 Å². The van der Waals surface area contributed by atoms with Gasteiger partial charge in [-0.25, -0.2) is 0 Å². The summed E-state index contributed by atoms with van der Waals surface area (Å²) >= 11 is 0. The maximum Gasteiger partial charge on any atom is 0.195 e. The van der Waals surface area contributed by atoms with Gasteiger partial charge in [-0.1, -0.05) is 12.1 Å². The molecular formula is C21H29N3O3. The zero-order chi connectivity index (χ0) is 19.5. The molecular weight excluding hydrogens is 342 g/mol. The largest absolute Gasteiger partial charge is 0.497 e. The number of nitrogens with zero attached hydrogens (tertiary/aromatic N) is 1. The molecule has 0 radical (unpaired) electrons. The van der Waals surface area contributed by atoms with Crippen molar-refractivity contribution in [3.8, 4) is 17.2 Å². The van der Waals surface area contributed by atoms with Crippen molar-refractivity contribution in [3.05, 3.63) is 48.0 Å². The Labute approximate surface area is 161 Å². The smallest absolute Gasteiger partial charge is 0.195 e. The van der Waals surface area contributed by atoms with E-state index in [4.69, 9.17) is 14.2 Å². The van der Waals surface area contributed by atoms with E-state index in [2.05, 4.69) is 27.8 Å². The van der Waals surface area contributed by atoms with Gasteiger partial charge in [0, 0.05) is 24.8 Å². The Morgan fingerprint density at radius 1 is 0.926 bits per heavy atom. The summed E-state index contributed by atoms with van der Waals surface area (Å²) < 4.78 is 15.8. The second-order valence-electron chi connectivity index (χ2n) is 5.91. The maximum atomic E-state index is 5.35. The number of guanidine groups is 1. The highest BCUT2D eigenvalue weighted by atomic mass is 16.5. The second-order valence-corrected chi connectivity index (χ2v) is 5.91. The Balaban J connectivity index is 1.93. The molecule has 2 aromatic carbocycles. The molecule has 0 saturated carbocycles. The zero-order valence-corrected chi connectivity index (χ0v) is 16.5. The number of hydrogen-bond acceptors (Lipinski definition) is 4. The van der Waals surface area contributed by atoms with E-state index in [0.717, 1.165) is 43.3 Å². The predicted molar refractivity (Wildman–Crippen MR) is 110 cm³/mol. The molecule has 27 heavy (non-hydrogen) atoms. The normalized spacial score (nSPS) is 11.0.